The van der Waals surface area contributed by atoms with Crippen LogP contribution in [0.15, 0.2) is 47.6 Å². The lowest BCUT2D eigenvalue weighted by Crippen LogP contribution is -2.39. The van der Waals surface area contributed by atoms with Crippen molar-refractivity contribution in [1.82, 2.24) is 0 Å². The first-order chi connectivity index (χ1) is 12.2. The minimum Gasteiger partial charge on any atom is -0.508 e. The van der Waals surface area contributed by atoms with Gasteiger partial charge in [-0.2, -0.15) is 0 Å². The van der Waals surface area contributed by atoms with Gasteiger partial charge in [-0.3, -0.25) is 0 Å². The number of hydrogen-bond donors (Lipinski definition) is 3. The van der Waals surface area contributed by atoms with Gasteiger partial charge >= 0.3 is 5.97 Å². The summed E-state index contributed by atoms with van der Waals surface area (Å²) >= 11 is 0. The van der Waals surface area contributed by atoms with E-state index in [1.807, 2.05) is 0 Å². The third-order valence-corrected chi connectivity index (χ3v) is 3.49. The molecule has 3 N–H and O–H groups in total. The number of phenolic OH excluding ortho intramolecular Hbond substituents is 3. The quantitative estimate of drug-likeness (QED) is 0.316. The Morgan fingerprint density at radius 1 is 1.04 bits per heavy atom. The number of carbonyl (C=O) groups excluding carboxylic acids is 1. The molecule has 26 heavy (non-hydrogen) atoms. The molecule has 0 saturated carbocycles. The Balaban J connectivity index is 1.97. The number of hydrogen-bond acceptors (Lipinski definition) is 7. The average molecular weight is 359 g/mol. The van der Waals surface area contributed by atoms with Crippen LogP contribution in [0.2, 0.25) is 0 Å². The van der Waals surface area contributed by atoms with Gasteiger partial charge in [-0.25, -0.2) is 4.79 Å². The normalized spacial score (nSPS) is 11.9. The van der Waals surface area contributed by atoms with E-state index in [0.29, 0.717) is 23.4 Å². The molecule has 0 bridgehead atoms. The third-order valence-electron chi connectivity index (χ3n) is 3.49. The van der Waals surface area contributed by atoms with E-state index in [-0.39, 0.29) is 17.2 Å². The minimum atomic E-state index is -1.28. The van der Waals surface area contributed by atoms with E-state index in [9.17, 15) is 20.1 Å². The fourth-order valence-corrected chi connectivity index (χ4v) is 2.09. The van der Waals surface area contributed by atoms with Crippen LogP contribution in [-0.2, 0) is 16.1 Å². The van der Waals surface area contributed by atoms with Crippen molar-refractivity contribution >= 4 is 11.7 Å². The van der Waals surface area contributed by atoms with E-state index >= 15 is 0 Å². The Morgan fingerprint density at radius 2 is 1.69 bits per heavy atom. The van der Waals surface area contributed by atoms with Gasteiger partial charge in [0.05, 0.1) is 5.71 Å². The highest BCUT2D eigenvalue weighted by Crippen LogP contribution is 2.25. The summed E-state index contributed by atoms with van der Waals surface area (Å²) in [5, 5.41) is 31.9. The number of phenols is 3. The number of aromatic hydroxyl groups is 3. The highest BCUT2D eigenvalue weighted by molar-refractivity contribution is 5.85. The molecule has 2 aromatic carbocycles. The lowest BCUT2D eigenvalue weighted by Gasteiger charge is -2.22. The third kappa shape index (κ3) is 5.14. The zero-order valence-electron chi connectivity index (χ0n) is 14.8. The molecule has 0 saturated heterocycles. The van der Waals surface area contributed by atoms with Gasteiger partial charge in [-0.05, 0) is 62.7 Å². The molecular weight excluding hydrogens is 338 g/mol. The van der Waals surface area contributed by atoms with Crippen molar-refractivity contribution in [3.8, 4) is 23.0 Å². The molecular formula is C19H21NO6. The molecule has 7 heteroatoms. The molecule has 0 atom stereocenters. The Morgan fingerprint density at radius 3 is 2.31 bits per heavy atom. The van der Waals surface area contributed by atoms with E-state index in [1.165, 1.54) is 36.4 Å². The number of carbonyl (C=O) groups is 1. The molecule has 0 spiro atoms. The van der Waals surface area contributed by atoms with Crippen LogP contribution in [0.1, 0.15) is 26.3 Å². The lowest BCUT2D eigenvalue weighted by molar-refractivity contribution is -0.159. The van der Waals surface area contributed by atoms with E-state index in [4.69, 9.17) is 9.57 Å². The summed E-state index contributed by atoms with van der Waals surface area (Å²) in [6.07, 6.45) is 0.334. The Kier molecular flexibility index (Phi) is 5.71. The fourth-order valence-electron chi connectivity index (χ4n) is 2.09. The second-order valence-electron chi connectivity index (χ2n) is 6.31. The summed E-state index contributed by atoms with van der Waals surface area (Å²) in [7, 11) is 0. The van der Waals surface area contributed by atoms with Gasteiger partial charge in [0, 0.05) is 6.42 Å². The van der Waals surface area contributed by atoms with E-state index in [0.717, 1.165) is 0 Å². The molecule has 0 unspecified atom stereocenters. The molecule has 0 aliphatic carbocycles. The summed E-state index contributed by atoms with van der Waals surface area (Å²) in [5.41, 5.74) is -0.0709. The predicted molar refractivity (Wildman–Crippen MR) is 95.5 cm³/mol. The van der Waals surface area contributed by atoms with Crippen molar-refractivity contribution in [1.29, 1.82) is 0 Å². The van der Waals surface area contributed by atoms with Gasteiger partial charge in [-0.1, -0.05) is 11.2 Å². The molecule has 7 nitrogen and oxygen atoms in total. The Labute approximate surface area is 151 Å². The number of benzene rings is 2. The van der Waals surface area contributed by atoms with E-state index in [2.05, 4.69) is 5.16 Å². The summed E-state index contributed by atoms with van der Waals surface area (Å²) < 4.78 is 5.58. The number of oxime groups is 1. The molecule has 2 aromatic rings. The average Bonchev–Trinajstić information content (AvgIpc) is 2.58. The molecule has 0 aromatic heterocycles. The van der Waals surface area contributed by atoms with Crippen LogP contribution in [0, 0.1) is 0 Å². The maximum atomic E-state index is 12.2. The first kappa shape index (κ1) is 19.1. The van der Waals surface area contributed by atoms with Crippen molar-refractivity contribution in [2.75, 3.05) is 0 Å². The maximum Gasteiger partial charge on any atom is 0.377 e. The number of rotatable bonds is 6. The van der Waals surface area contributed by atoms with Crippen molar-refractivity contribution < 1.29 is 29.7 Å². The first-order valence-electron chi connectivity index (χ1n) is 7.91. The van der Waals surface area contributed by atoms with Crippen molar-refractivity contribution in [2.24, 2.45) is 5.16 Å². The van der Waals surface area contributed by atoms with Gasteiger partial charge in [-0.15, -0.1) is 0 Å². The smallest absolute Gasteiger partial charge is 0.377 e. The maximum absolute atomic E-state index is 12.2. The van der Waals surface area contributed by atoms with Crippen molar-refractivity contribution in [3.63, 3.8) is 0 Å². The zero-order chi connectivity index (χ0) is 19.3. The van der Waals surface area contributed by atoms with Crippen LogP contribution in [0.25, 0.3) is 0 Å². The topological polar surface area (TPSA) is 109 Å². The molecule has 0 fully saturated rings. The number of nitrogens with zero attached hydrogens (tertiary/aromatic N) is 1. The van der Waals surface area contributed by atoms with Crippen LogP contribution < -0.4 is 4.74 Å². The van der Waals surface area contributed by atoms with Crippen LogP contribution in [0.4, 0.5) is 0 Å². The van der Waals surface area contributed by atoms with Crippen molar-refractivity contribution in [2.45, 2.75) is 32.8 Å². The van der Waals surface area contributed by atoms with Gasteiger partial charge in [0.15, 0.2) is 11.5 Å². The molecule has 138 valence electrons. The molecule has 0 amide bonds. The summed E-state index contributed by atoms with van der Waals surface area (Å²) in [6, 6.07) is 10.4. The van der Waals surface area contributed by atoms with Gasteiger partial charge < -0.3 is 24.9 Å². The summed E-state index contributed by atoms with van der Waals surface area (Å²) in [4.78, 5) is 17.2. The largest absolute Gasteiger partial charge is 0.508 e. The minimum absolute atomic E-state index is 0.0956. The van der Waals surface area contributed by atoms with Gasteiger partial charge in [0.2, 0.25) is 5.60 Å². The SMILES string of the molecule is C/C(Cc1ccc(O)c(O)c1)=N\OC(=O)C(C)(C)Oc1ccc(O)cc1. The molecule has 0 aliphatic heterocycles. The van der Waals surface area contributed by atoms with Gasteiger partial charge in [0.1, 0.15) is 11.5 Å². The molecule has 0 aliphatic rings. The Hall–Kier alpha value is -3.22. The van der Waals surface area contributed by atoms with E-state index in [1.54, 1.807) is 26.8 Å². The van der Waals surface area contributed by atoms with Crippen LogP contribution in [-0.4, -0.2) is 32.6 Å². The molecule has 2 rings (SSSR count). The van der Waals surface area contributed by atoms with Gasteiger partial charge in [0.25, 0.3) is 0 Å². The standard InChI is InChI=1S/C19H21NO6/c1-12(10-13-4-9-16(22)17(23)11-13)20-26-18(24)19(2,3)25-15-7-5-14(21)6-8-15/h4-9,11,21-23H,10H2,1-3H3/b20-12+. The monoisotopic (exact) mass is 359 g/mol. The van der Waals surface area contributed by atoms with Crippen LogP contribution in [0.3, 0.4) is 0 Å². The predicted octanol–water partition coefficient (Wildman–Crippen LogP) is 3.12. The second kappa shape index (κ2) is 7.77. The number of ether oxygens (including phenoxy) is 1. The molecule has 0 radical (unpaired) electrons. The summed E-state index contributed by atoms with van der Waals surface area (Å²) in [6.45, 7) is 4.77. The molecule has 0 heterocycles. The zero-order valence-corrected chi connectivity index (χ0v) is 14.8. The highest BCUT2D eigenvalue weighted by Gasteiger charge is 2.32. The van der Waals surface area contributed by atoms with Crippen LogP contribution >= 0.6 is 0 Å². The lowest BCUT2D eigenvalue weighted by atomic mass is 10.1. The van der Waals surface area contributed by atoms with Crippen LogP contribution in [0.5, 0.6) is 23.0 Å². The summed E-state index contributed by atoms with van der Waals surface area (Å²) in [5.74, 6) is -0.611. The fraction of sp³-hybridized carbons (Fsp3) is 0.263. The first-order valence-corrected chi connectivity index (χ1v) is 7.91. The Bertz CT molecular complexity index is 811. The second-order valence-corrected chi connectivity index (χ2v) is 6.31. The van der Waals surface area contributed by atoms with Crippen molar-refractivity contribution in [3.05, 3.63) is 48.0 Å². The highest BCUT2D eigenvalue weighted by atomic mass is 16.7. The van der Waals surface area contributed by atoms with E-state index < -0.39 is 11.6 Å².